The first kappa shape index (κ1) is 11.5. The number of carbonyl (C=O) groups excluding carboxylic acids is 1. The third-order valence-corrected chi connectivity index (χ3v) is 0.539. The molecule has 0 aliphatic carbocycles. The Kier molecular flexibility index (Phi) is 8.87. The van der Waals surface area contributed by atoms with Crippen molar-refractivity contribution in [2.45, 2.75) is 0 Å². The van der Waals surface area contributed by atoms with E-state index < -0.39 is 5.91 Å². The van der Waals surface area contributed by atoms with Crippen LogP contribution in [-0.4, -0.2) is 22.7 Å². The molecule has 1 amide bonds. The van der Waals surface area contributed by atoms with Crippen molar-refractivity contribution >= 4 is 5.91 Å². The summed E-state index contributed by atoms with van der Waals surface area (Å²) >= 11 is 0. The quantitative estimate of drug-likeness (QED) is 0.368. The van der Waals surface area contributed by atoms with Gasteiger partial charge in [-0.2, -0.15) is 0 Å². The number of rotatable bonds is 2. The molecule has 0 fully saturated rings. The van der Waals surface area contributed by atoms with Crippen molar-refractivity contribution in [3.05, 3.63) is 25.0 Å². The summed E-state index contributed by atoms with van der Waals surface area (Å²) in [5, 5.41) is 15.4. The van der Waals surface area contributed by atoms with Gasteiger partial charge < -0.3 is 15.9 Å². The van der Waals surface area contributed by atoms with Gasteiger partial charge in [-0.25, -0.2) is 0 Å². The lowest BCUT2D eigenvalue weighted by atomic mass is 10.3. The number of amides is 1. The van der Waals surface area contributed by atoms with Crippen molar-refractivity contribution in [1.29, 1.82) is 0 Å². The van der Waals surface area contributed by atoms with Gasteiger partial charge in [-0.15, -0.1) is 0 Å². The van der Waals surface area contributed by atoms with Crippen molar-refractivity contribution in [2.24, 2.45) is 5.73 Å². The lowest BCUT2D eigenvalue weighted by Crippen LogP contribution is -2.14. The first-order chi connectivity index (χ1) is 4.59. The number of carbonyl (C=O) groups is 1. The van der Waals surface area contributed by atoms with Crippen LogP contribution in [0.1, 0.15) is 0 Å². The van der Waals surface area contributed by atoms with Gasteiger partial charge >= 0.3 is 0 Å². The number of hydrogen-bond donors (Lipinski definition) is 3. The van der Waals surface area contributed by atoms with Crippen LogP contribution in [0.25, 0.3) is 0 Å². The zero-order chi connectivity index (χ0) is 8.57. The molecule has 0 radical (unpaired) electrons. The Bertz CT molecular complexity index is 131. The first-order valence-corrected chi connectivity index (χ1v) is 2.43. The van der Waals surface area contributed by atoms with E-state index >= 15 is 0 Å². The maximum atomic E-state index is 9.89. The van der Waals surface area contributed by atoms with Crippen molar-refractivity contribution in [2.75, 3.05) is 6.61 Å². The summed E-state index contributed by atoms with van der Waals surface area (Å²) in [5.41, 5.74) is 4.69. The van der Waals surface area contributed by atoms with E-state index in [0.717, 1.165) is 6.26 Å². The van der Waals surface area contributed by atoms with E-state index in [2.05, 4.69) is 18.9 Å². The Balaban J connectivity index is 0. The van der Waals surface area contributed by atoms with Gasteiger partial charge in [0.2, 0.25) is 5.91 Å². The second-order valence-corrected chi connectivity index (χ2v) is 1.31. The summed E-state index contributed by atoms with van der Waals surface area (Å²) in [4.78, 5) is 9.89. The molecular weight excluding hydrogens is 134 g/mol. The largest absolute Gasteiger partial charge is 0.516 e. The molecule has 4 N–H and O–H groups in total. The third kappa shape index (κ3) is 9.86. The molecule has 4 heteroatoms. The SMILES string of the molecule is C=C(CO)C(N)=O.C=CO. The van der Waals surface area contributed by atoms with Crippen LogP contribution in [-0.2, 0) is 4.79 Å². The van der Waals surface area contributed by atoms with E-state index in [-0.39, 0.29) is 12.2 Å². The normalized spacial score (nSPS) is 6.90. The number of primary amides is 1. The Morgan fingerprint density at radius 3 is 2.00 bits per heavy atom. The fourth-order valence-corrected chi connectivity index (χ4v) is 0.0779. The molecule has 0 unspecified atom stereocenters. The molecule has 0 heterocycles. The zero-order valence-corrected chi connectivity index (χ0v) is 5.58. The van der Waals surface area contributed by atoms with Gasteiger partial charge in [0.1, 0.15) is 0 Å². The Morgan fingerprint density at radius 1 is 1.70 bits per heavy atom. The van der Waals surface area contributed by atoms with Gasteiger partial charge in [0.25, 0.3) is 0 Å². The predicted molar refractivity (Wildman–Crippen MR) is 38.2 cm³/mol. The fourth-order valence-electron chi connectivity index (χ4n) is 0.0779. The number of nitrogens with two attached hydrogens (primary N) is 1. The van der Waals surface area contributed by atoms with Crippen LogP contribution in [0.3, 0.4) is 0 Å². The molecule has 0 atom stereocenters. The van der Waals surface area contributed by atoms with E-state index in [9.17, 15) is 4.79 Å². The minimum absolute atomic E-state index is 0.0417. The summed E-state index contributed by atoms with van der Waals surface area (Å²) in [6, 6.07) is 0. The molecule has 0 saturated heterocycles. The zero-order valence-electron chi connectivity index (χ0n) is 5.58. The van der Waals surface area contributed by atoms with Gasteiger partial charge in [0.05, 0.1) is 12.9 Å². The molecule has 0 aromatic carbocycles. The van der Waals surface area contributed by atoms with Gasteiger partial charge in [0.15, 0.2) is 0 Å². The number of aliphatic hydroxyl groups excluding tert-OH is 2. The number of aliphatic hydroxyl groups is 2. The highest BCUT2D eigenvalue weighted by atomic mass is 16.3. The lowest BCUT2D eigenvalue weighted by molar-refractivity contribution is -0.114. The molecule has 0 rings (SSSR count). The summed E-state index contributed by atoms with van der Waals surface area (Å²) in [5.74, 6) is -0.650. The monoisotopic (exact) mass is 145 g/mol. The van der Waals surface area contributed by atoms with E-state index in [1.165, 1.54) is 0 Å². The second kappa shape index (κ2) is 7.71. The van der Waals surface area contributed by atoms with Crippen LogP contribution in [0.2, 0.25) is 0 Å². The molecule has 0 aliphatic rings. The molecule has 58 valence electrons. The smallest absolute Gasteiger partial charge is 0.246 e. The second-order valence-electron chi connectivity index (χ2n) is 1.31. The highest BCUT2D eigenvalue weighted by molar-refractivity contribution is 5.91. The molecule has 0 aromatic rings. The Morgan fingerprint density at radius 2 is 2.00 bits per heavy atom. The van der Waals surface area contributed by atoms with Crippen LogP contribution < -0.4 is 5.73 Å². The summed E-state index contributed by atoms with van der Waals surface area (Å²) in [6.45, 7) is 5.71. The van der Waals surface area contributed by atoms with Crippen molar-refractivity contribution in [3.63, 3.8) is 0 Å². The van der Waals surface area contributed by atoms with Crippen molar-refractivity contribution in [3.8, 4) is 0 Å². The van der Waals surface area contributed by atoms with Crippen molar-refractivity contribution in [1.82, 2.24) is 0 Å². The molecule has 10 heavy (non-hydrogen) atoms. The molecule has 0 bridgehead atoms. The standard InChI is InChI=1S/C4H7NO2.C2H4O/c1-3(2-6)4(5)7;1-2-3/h6H,1-2H2,(H2,5,7);2-3H,1H2. The Hall–Kier alpha value is -1.29. The van der Waals surface area contributed by atoms with Gasteiger partial charge in [0, 0.05) is 5.57 Å². The van der Waals surface area contributed by atoms with Crippen LogP contribution in [0, 0.1) is 0 Å². The van der Waals surface area contributed by atoms with Gasteiger partial charge in [-0.1, -0.05) is 13.2 Å². The first-order valence-electron chi connectivity index (χ1n) is 2.43. The fraction of sp³-hybridized carbons (Fsp3) is 0.167. The molecular formula is C6H11NO3. The van der Waals surface area contributed by atoms with Crippen LogP contribution in [0.15, 0.2) is 25.0 Å². The molecule has 4 nitrogen and oxygen atoms in total. The van der Waals surface area contributed by atoms with Crippen LogP contribution in [0.5, 0.6) is 0 Å². The average molecular weight is 145 g/mol. The topological polar surface area (TPSA) is 83.5 Å². The molecule has 0 saturated carbocycles. The summed E-state index contributed by atoms with van der Waals surface area (Å²) in [7, 11) is 0. The maximum absolute atomic E-state index is 9.89. The van der Waals surface area contributed by atoms with E-state index in [1.54, 1.807) is 0 Å². The maximum Gasteiger partial charge on any atom is 0.246 e. The average Bonchev–Trinajstić information content (AvgIpc) is 1.88. The lowest BCUT2D eigenvalue weighted by Gasteiger charge is -1.88. The minimum Gasteiger partial charge on any atom is -0.516 e. The van der Waals surface area contributed by atoms with E-state index in [4.69, 9.17) is 10.2 Å². The highest BCUT2D eigenvalue weighted by Crippen LogP contribution is 1.80. The van der Waals surface area contributed by atoms with Crippen LogP contribution >= 0.6 is 0 Å². The third-order valence-electron chi connectivity index (χ3n) is 0.539. The minimum atomic E-state index is -0.650. The molecule has 0 aliphatic heterocycles. The highest BCUT2D eigenvalue weighted by Gasteiger charge is 1.94. The number of hydrogen-bond acceptors (Lipinski definition) is 3. The predicted octanol–water partition coefficient (Wildman–Crippen LogP) is -0.292. The summed E-state index contributed by atoms with van der Waals surface area (Å²) < 4.78 is 0. The van der Waals surface area contributed by atoms with E-state index in [1.807, 2.05) is 0 Å². The van der Waals surface area contributed by atoms with E-state index in [0.29, 0.717) is 0 Å². The van der Waals surface area contributed by atoms with Gasteiger partial charge in [-0.3, -0.25) is 4.79 Å². The Labute approximate surface area is 59.3 Å². The van der Waals surface area contributed by atoms with Crippen molar-refractivity contribution < 1.29 is 15.0 Å². The van der Waals surface area contributed by atoms with Gasteiger partial charge in [-0.05, 0) is 0 Å². The molecule has 0 spiro atoms. The molecule has 0 aromatic heterocycles. The van der Waals surface area contributed by atoms with Crippen LogP contribution in [0.4, 0.5) is 0 Å². The summed E-state index contributed by atoms with van der Waals surface area (Å²) in [6.07, 6.45) is 0.750.